The van der Waals surface area contributed by atoms with Gasteiger partial charge in [-0.2, -0.15) is 4.57 Å². The van der Waals surface area contributed by atoms with Crippen LogP contribution in [0.15, 0.2) is 30.3 Å². The predicted molar refractivity (Wildman–Crippen MR) is 80.9 cm³/mol. The molecule has 0 saturated heterocycles. The number of aromatic nitrogens is 1. The third kappa shape index (κ3) is 4.96. The van der Waals surface area contributed by atoms with Gasteiger partial charge in [0.2, 0.25) is 15.9 Å². The Kier molecular flexibility index (Phi) is 5.65. The molecule has 0 atom stereocenters. The van der Waals surface area contributed by atoms with Crippen LogP contribution in [0.5, 0.6) is 0 Å². The van der Waals surface area contributed by atoms with Crippen LogP contribution in [0.3, 0.4) is 0 Å². The van der Waals surface area contributed by atoms with E-state index < -0.39 is 10.4 Å². The molecule has 1 aromatic carbocycles. The summed E-state index contributed by atoms with van der Waals surface area (Å²) in [6.45, 7) is 2.12. The summed E-state index contributed by atoms with van der Waals surface area (Å²) in [4.78, 5) is 2.12. The van der Waals surface area contributed by atoms with E-state index in [2.05, 4.69) is 72.0 Å². The molecule has 1 aromatic heterocycles. The molecule has 116 valence electrons. The lowest BCUT2D eigenvalue weighted by Gasteiger charge is -2.12. The lowest BCUT2D eigenvalue weighted by molar-refractivity contribution is -0.651. The molecule has 2 rings (SSSR count). The second-order valence-electron chi connectivity index (χ2n) is 4.75. The number of anilines is 1. The van der Waals surface area contributed by atoms with E-state index in [0.29, 0.717) is 0 Å². The summed E-state index contributed by atoms with van der Waals surface area (Å²) < 4.78 is 33.2. The Balaban J connectivity index is 0.000000315. The number of benzene rings is 1. The van der Waals surface area contributed by atoms with Crippen LogP contribution in [0.4, 0.5) is 5.69 Å². The number of rotatable bonds is 2. The summed E-state index contributed by atoms with van der Waals surface area (Å²) in [6, 6.07) is 10.9. The van der Waals surface area contributed by atoms with Gasteiger partial charge in [0.25, 0.3) is 0 Å². The highest BCUT2D eigenvalue weighted by Crippen LogP contribution is 2.18. The zero-order valence-corrected chi connectivity index (χ0v) is 13.6. The molecule has 21 heavy (non-hydrogen) atoms. The van der Waals surface area contributed by atoms with E-state index in [0.717, 1.165) is 7.11 Å². The van der Waals surface area contributed by atoms with Gasteiger partial charge in [-0.15, -0.1) is 0 Å². The van der Waals surface area contributed by atoms with Crippen molar-refractivity contribution < 1.29 is 21.7 Å². The molecular formula is C14H20N2O4S. The second-order valence-corrected chi connectivity index (χ2v) is 5.90. The summed E-state index contributed by atoms with van der Waals surface area (Å²) in [5.74, 6) is 0. The highest BCUT2D eigenvalue weighted by molar-refractivity contribution is 7.80. The molecule has 0 aliphatic rings. The number of aryl methyl sites for hydroxylation is 2. The maximum atomic E-state index is 9.22. The van der Waals surface area contributed by atoms with Gasteiger partial charge in [-0.25, -0.2) is 8.42 Å². The molecule has 0 bridgehead atoms. The van der Waals surface area contributed by atoms with Crippen molar-refractivity contribution in [1.82, 2.24) is 0 Å². The van der Waals surface area contributed by atoms with Gasteiger partial charge in [0.05, 0.1) is 7.11 Å². The van der Waals surface area contributed by atoms with Crippen LogP contribution in [0.1, 0.15) is 5.69 Å². The van der Waals surface area contributed by atoms with Crippen LogP contribution in [-0.4, -0.2) is 34.2 Å². The van der Waals surface area contributed by atoms with Crippen LogP contribution in [-0.2, 0) is 21.6 Å². The molecule has 1 heterocycles. The summed E-state index contributed by atoms with van der Waals surface area (Å²) in [5.41, 5.74) is 3.80. The molecule has 7 heteroatoms. The van der Waals surface area contributed by atoms with E-state index in [1.54, 1.807) is 0 Å². The topological polar surface area (TPSA) is 73.5 Å². The average Bonchev–Trinajstić information content (AvgIpc) is 2.42. The van der Waals surface area contributed by atoms with E-state index in [4.69, 9.17) is 0 Å². The van der Waals surface area contributed by atoms with Crippen LogP contribution in [0, 0.1) is 6.92 Å². The number of nitrogens with zero attached hydrogens (tertiary/aromatic N) is 2. The molecule has 0 aliphatic heterocycles. The highest BCUT2D eigenvalue weighted by Gasteiger charge is 2.08. The molecule has 2 aromatic rings. The monoisotopic (exact) mass is 312 g/mol. The molecule has 0 fully saturated rings. The van der Waals surface area contributed by atoms with Crippen molar-refractivity contribution in [2.75, 3.05) is 26.1 Å². The van der Waals surface area contributed by atoms with Gasteiger partial charge in [-0.1, -0.05) is 0 Å². The minimum atomic E-state index is -4.41. The SMILES string of the molecule is COS(=O)(=O)[O-].Cc1ccc2cc(N(C)C)ccc2[n+]1C. The summed E-state index contributed by atoms with van der Waals surface area (Å²) in [5, 5.41) is 1.29. The Bertz CT molecular complexity index is 727. The summed E-state index contributed by atoms with van der Waals surface area (Å²) >= 11 is 0. The van der Waals surface area contributed by atoms with E-state index in [1.807, 2.05) is 0 Å². The maximum Gasteiger partial charge on any atom is 0.217 e. The summed E-state index contributed by atoms with van der Waals surface area (Å²) in [7, 11) is 2.63. The third-order valence-electron chi connectivity index (χ3n) is 3.13. The third-order valence-corrected chi connectivity index (χ3v) is 3.53. The van der Waals surface area contributed by atoms with E-state index >= 15 is 0 Å². The largest absolute Gasteiger partial charge is 0.726 e. The number of hydrogen-bond acceptors (Lipinski definition) is 5. The summed E-state index contributed by atoms with van der Waals surface area (Å²) in [6.07, 6.45) is 0. The molecule has 0 spiro atoms. The Morgan fingerprint density at radius 1 is 1.19 bits per heavy atom. The van der Waals surface area contributed by atoms with Gasteiger partial charge >= 0.3 is 0 Å². The molecule has 6 nitrogen and oxygen atoms in total. The van der Waals surface area contributed by atoms with Crippen molar-refractivity contribution in [3.05, 3.63) is 36.0 Å². The Labute approximate surface area is 125 Å². The fraction of sp³-hybridized carbons (Fsp3) is 0.357. The zero-order chi connectivity index (χ0) is 16.2. The van der Waals surface area contributed by atoms with Gasteiger partial charge in [-0.05, 0) is 18.2 Å². The molecule has 0 amide bonds. The van der Waals surface area contributed by atoms with Crippen molar-refractivity contribution in [3.63, 3.8) is 0 Å². The first-order valence-corrected chi connectivity index (χ1v) is 7.57. The van der Waals surface area contributed by atoms with Gasteiger partial charge in [0, 0.05) is 44.2 Å². The number of pyridine rings is 1. The highest BCUT2D eigenvalue weighted by atomic mass is 32.3. The molecule has 0 unspecified atom stereocenters. The minimum Gasteiger partial charge on any atom is -0.726 e. The fourth-order valence-corrected chi connectivity index (χ4v) is 1.77. The van der Waals surface area contributed by atoms with Crippen molar-refractivity contribution in [1.29, 1.82) is 0 Å². The number of hydrogen-bond donors (Lipinski definition) is 0. The maximum absolute atomic E-state index is 9.22. The van der Waals surface area contributed by atoms with Crippen molar-refractivity contribution in [2.45, 2.75) is 6.92 Å². The zero-order valence-electron chi connectivity index (χ0n) is 12.8. The quantitative estimate of drug-likeness (QED) is 0.472. The Morgan fingerprint density at radius 2 is 1.76 bits per heavy atom. The van der Waals surface area contributed by atoms with Gasteiger partial charge in [0.15, 0.2) is 5.69 Å². The Morgan fingerprint density at radius 3 is 2.24 bits per heavy atom. The minimum absolute atomic E-state index is 0.808. The Hall–Kier alpha value is -1.70. The first kappa shape index (κ1) is 17.4. The van der Waals surface area contributed by atoms with Crippen LogP contribution < -0.4 is 9.47 Å². The van der Waals surface area contributed by atoms with Crippen LogP contribution >= 0.6 is 0 Å². The first-order chi connectivity index (χ1) is 9.65. The first-order valence-electron chi connectivity index (χ1n) is 6.24. The van der Waals surface area contributed by atoms with Crippen molar-refractivity contribution in [3.8, 4) is 0 Å². The standard InChI is InChI=1S/C13H17N2.CH4O4S/c1-10-5-6-11-9-12(14(2)3)7-8-13(11)15(10)4;1-5-6(2,3)4/h5-9H,1-4H3;1H3,(H,2,3,4)/q+1;/p-1. The van der Waals surface area contributed by atoms with Gasteiger partial charge < -0.3 is 9.45 Å². The smallest absolute Gasteiger partial charge is 0.217 e. The average molecular weight is 312 g/mol. The fourth-order valence-electron chi connectivity index (χ4n) is 1.77. The van der Waals surface area contributed by atoms with E-state index in [1.165, 1.54) is 22.3 Å². The van der Waals surface area contributed by atoms with E-state index in [9.17, 15) is 13.0 Å². The lowest BCUT2D eigenvalue weighted by Crippen LogP contribution is -2.32. The van der Waals surface area contributed by atoms with Crippen LogP contribution in [0.2, 0.25) is 0 Å². The second kappa shape index (κ2) is 6.84. The van der Waals surface area contributed by atoms with Gasteiger partial charge in [0.1, 0.15) is 7.05 Å². The van der Waals surface area contributed by atoms with Crippen molar-refractivity contribution >= 4 is 27.0 Å². The van der Waals surface area contributed by atoms with Gasteiger partial charge in [-0.3, -0.25) is 4.18 Å². The normalized spacial score (nSPS) is 11.0. The molecular weight excluding hydrogens is 292 g/mol. The predicted octanol–water partition coefficient (Wildman–Crippen LogP) is 1.13. The molecule has 0 aliphatic carbocycles. The molecule has 0 saturated carbocycles. The van der Waals surface area contributed by atoms with Crippen molar-refractivity contribution in [2.24, 2.45) is 7.05 Å². The number of fused-ring (bicyclic) bond motifs is 1. The lowest BCUT2D eigenvalue weighted by atomic mass is 10.1. The molecule has 0 radical (unpaired) electrons. The molecule has 0 N–H and O–H groups in total. The van der Waals surface area contributed by atoms with Crippen LogP contribution in [0.25, 0.3) is 10.9 Å². The van der Waals surface area contributed by atoms with E-state index in [-0.39, 0.29) is 0 Å².